The summed E-state index contributed by atoms with van der Waals surface area (Å²) in [5, 5.41) is 31.8. The largest absolute Gasteiger partial charge is 0.493 e. The maximum absolute atomic E-state index is 13.5. The summed E-state index contributed by atoms with van der Waals surface area (Å²) in [4.78, 5) is 74.0. The molecule has 5 rings (SSSR count). The van der Waals surface area contributed by atoms with Crippen LogP contribution in [0.4, 0.5) is 21.0 Å². The van der Waals surface area contributed by atoms with Crippen LogP contribution in [-0.2, 0) is 56.8 Å². The van der Waals surface area contributed by atoms with Gasteiger partial charge in [-0.3, -0.25) is 28.8 Å². The van der Waals surface area contributed by atoms with Crippen molar-refractivity contribution in [2.75, 3.05) is 89.2 Å². The van der Waals surface area contributed by atoms with E-state index >= 15 is 0 Å². The topological polar surface area (TPSA) is 214 Å². The monoisotopic (exact) mass is 1020 g/mol. The number of esters is 3. The summed E-state index contributed by atoms with van der Waals surface area (Å²) in [6, 6.07) is 19.0. The highest BCUT2D eigenvalue weighted by Crippen LogP contribution is 2.51. The molecule has 0 atom stereocenters. The standard InChI is InChI=1S/C54H81N7O12/c1-51(2,3)71-42(62)20-23-54(24-21-43(63)72-52(4,5)6,25-22-44(64)73-53(7,8)9)61-47(65)45(55-26-28-57-30-34-59(35-31-57)49(67)69-38-40-16-12-10-13-17-40)46(48(61)66)56-27-29-58-32-36-60(37-33-58)50(68)70-39-41-18-14-11-15-19-41/h10-19,55-56,65-66H,20-39H2,1-9H3. The molecule has 2 aliphatic rings. The molecule has 0 unspecified atom stereocenters. The summed E-state index contributed by atoms with van der Waals surface area (Å²) >= 11 is 0. The van der Waals surface area contributed by atoms with Gasteiger partial charge < -0.3 is 54.3 Å². The number of ether oxygens (including phenoxy) is 5. The number of benzene rings is 2. The Morgan fingerprint density at radius 2 is 0.808 bits per heavy atom. The molecule has 2 amide bonds. The first-order valence-corrected chi connectivity index (χ1v) is 25.6. The minimum absolute atomic E-state index is 0.0433. The average molecular weight is 1020 g/mol. The van der Waals surface area contributed by atoms with Crippen LogP contribution in [0.5, 0.6) is 11.8 Å². The highest BCUT2D eigenvalue weighted by molar-refractivity contribution is 5.81. The molecule has 3 aromatic rings. The fourth-order valence-electron chi connectivity index (χ4n) is 8.83. The van der Waals surface area contributed by atoms with Gasteiger partial charge in [-0.2, -0.15) is 0 Å². The molecular formula is C54H81N7O12. The zero-order valence-electron chi connectivity index (χ0n) is 44.6. The lowest BCUT2D eigenvalue weighted by Crippen LogP contribution is -2.49. The van der Waals surface area contributed by atoms with Crippen LogP contribution in [0.15, 0.2) is 60.7 Å². The van der Waals surface area contributed by atoms with Crippen molar-refractivity contribution in [1.82, 2.24) is 24.2 Å². The quantitative estimate of drug-likeness (QED) is 0.0561. The van der Waals surface area contributed by atoms with Crippen LogP contribution >= 0.6 is 0 Å². The zero-order chi connectivity index (χ0) is 53.4. The lowest BCUT2D eigenvalue weighted by molar-refractivity contribution is -0.155. The Bertz CT molecular complexity index is 2070. The summed E-state index contributed by atoms with van der Waals surface area (Å²) in [5.74, 6) is -2.35. The van der Waals surface area contributed by atoms with Crippen molar-refractivity contribution in [2.45, 2.75) is 136 Å². The molecule has 19 nitrogen and oxygen atoms in total. The van der Waals surface area contributed by atoms with Gasteiger partial charge in [0.1, 0.15) is 41.4 Å². The van der Waals surface area contributed by atoms with Gasteiger partial charge in [0.15, 0.2) is 0 Å². The van der Waals surface area contributed by atoms with Crippen molar-refractivity contribution >= 4 is 41.5 Å². The van der Waals surface area contributed by atoms with E-state index in [4.69, 9.17) is 23.7 Å². The van der Waals surface area contributed by atoms with E-state index in [0.29, 0.717) is 78.5 Å². The second-order valence-corrected chi connectivity index (χ2v) is 21.8. The van der Waals surface area contributed by atoms with Gasteiger partial charge >= 0.3 is 30.1 Å². The fraction of sp³-hybridized carbons (Fsp3) is 0.611. The molecule has 1 aromatic heterocycles. The Hall–Kier alpha value is -6.21. The molecule has 2 aliphatic heterocycles. The Balaban J connectivity index is 1.39. The van der Waals surface area contributed by atoms with Gasteiger partial charge in [0, 0.05) is 97.8 Å². The maximum Gasteiger partial charge on any atom is 0.410 e. The van der Waals surface area contributed by atoms with Crippen LogP contribution in [0, 0.1) is 0 Å². The van der Waals surface area contributed by atoms with Crippen molar-refractivity contribution < 1.29 is 57.9 Å². The second-order valence-electron chi connectivity index (χ2n) is 21.8. The third-order valence-corrected chi connectivity index (χ3v) is 12.4. The van der Waals surface area contributed by atoms with Crippen molar-refractivity contribution in [1.29, 1.82) is 0 Å². The molecule has 2 saturated heterocycles. The van der Waals surface area contributed by atoms with Gasteiger partial charge in [-0.25, -0.2) is 9.59 Å². The first-order chi connectivity index (χ1) is 34.4. The number of aromatic hydroxyl groups is 2. The lowest BCUT2D eigenvalue weighted by Gasteiger charge is -2.37. The molecule has 0 radical (unpaired) electrons. The summed E-state index contributed by atoms with van der Waals surface area (Å²) in [6.45, 7) is 21.9. The summed E-state index contributed by atoms with van der Waals surface area (Å²) in [5.41, 5.74) is -1.70. The van der Waals surface area contributed by atoms with Crippen LogP contribution in [0.3, 0.4) is 0 Å². The van der Waals surface area contributed by atoms with E-state index in [9.17, 15) is 34.2 Å². The summed E-state index contributed by atoms with van der Waals surface area (Å²) in [7, 11) is 0. The van der Waals surface area contributed by atoms with Crippen LogP contribution < -0.4 is 10.6 Å². The zero-order valence-corrected chi connectivity index (χ0v) is 44.6. The van der Waals surface area contributed by atoms with Crippen LogP contribution in [0.2, 0.25) is 0 Å². The second kappa shape index (κ2) is 26.1. The average Bonchev–Trinajstić information content (AvgIpc) is 3.56. The number of carbonyl (C=O) groups excluding carboxylic acids is 5. The number of amides is 2. The summed E-state index contributed by atoms with van der Waals surface area (Å²) < 4.78 is 29.6. The molecule has 2 aromatic carbocycles. The Morgan fingerprint density at radius 1 is 0.493 bits per heavy atom. The molecule has 19 heteroatoms. The number of anilines is 2. The highest BCUT2D eigenvalue weighted by Gasteiger charge is 2.42. The summed E-state index contributed by atoms with van der Waals surface area (Å²) in [6.07, 6.45) is -1.43. The third kappa shape index (κ3) is 19.0. The number of hydrogen-bond acceptors (Lipinski definition) is 16. The number of piperazine rings is 2. The highest BCUT2D eigenvalue weighted by atomic mass is 16.6. The minimum Gasteiger partial charge on any atom is -0.493 e. The maximum atomic E-state index is 13.5. The molecule has 0 bridgehead atoms. The fourth-order valence-corrected chi connectivity index (χ4v) is 8.83. The molecule has 2 fully saturated rings. The molecular weight excluding hydrogens is 939 g/mol. The van der Waals surface area contributed by atoms with Gasteiger partial charge in [0.2, 0.25) is 11.8 Å². The van der Waals surface area contributed by atoms with Crippen molar-refractivity contribution in [3.8, 4) is 11.8 Å². The Labute approximate surface area is 431 Å². The molecule has 404 valence electrons. The number of carbonyl (C=O) groups is 5. The third-order valence-electron chi connectivity index (χ3n) is 12.4. The van der Waals surface area contributed by atoms with Crippen LogP contribution in [0.1, 0.15) is 112 Å². The first-order valence-electron chi connectivity index (χ1n) is 25.6. The first kappa shape index (κ1) is 57.7. The number of hydrogen-bond donors (Lipinski definition) is 4. The molecule has 0 saturated carbocycles. The normalized spacial score (nSPS) is 15.1. The predicted molar refractivity (Wildman–Crippen MR) is 277 cm³/mol. The minimum atomic E-state index is -1.44. The van der Waals surface area contributed by atoms with Gasteiger partial charge in [-0.1, -0.05) is 60.7 Å². The Morgan fingerprint density at radius 3 is 1.11 bits per heavy atom. The number of rotatable bonds is 22. The number of nitrogens with one attached hydrogen (secondary N) is 2. The SMILES string of the molecule is CC(C)(C)OC(=O)CCC(CCC(=O)OC(C)(C)C)(CCC(=O)OC(C)(C)C)n1c(O)c(NCCN2CCN(C(=O)OCc3ccccc3)CC2)c(NCCN2CCN(C(=O)OCc3ccccc3)CC2)c1O. The molecule has 4 N–H and O–H groups in total. The van der Waals surface area contributed by atoms with E-state index in [2.05, 4.69) is 20.4 Å². The predicted octanol–water partition coefficient (Wildman–Crippen LogP) is 7.69. The Kier molecular flexibility index (Phi) is 20.7. The van der Waals surface area contributed by atoms with Crippen molar-refractivity contribution in [3.05, 3.63) is 71.8 Å². The van der Waals surface area contributed by atoms with Crippen molar-refractivity contribution in [3.63, 3.8) is 0 Å². The van der Waals surface area contributed by atoms with E-state index < -0.39 is 40.2 Å². The van der Waals surface area contributed by atoms with Gasteiger partial charge in [0.25, 0.3) is 0 Å². The van der Waals surface area contributed by atoms with E-state index in [1.807, 2.05) is 60.7 Å². The van der Waals surface area contributed by atoms with Crippen LogP contribution in [-0.4, -0.2) is 160 Å². The van der Waals surface area contributed by atoms with Gasteiger partial charge in [-0.05, 0) is 92.7 Å². The van der Waals surface area contributed by atoms with Crippen molar-refractivity contribution in [2.24, 2.45) is 0 Å². The van der Waals surface area contributed by atoms with E-state index in [-0.39, 0.29) is 87.1 Å². The molecule has 3 heterocycles. The van der Waals surface area contributed by atoms with E-state index in [1.54, 1.807) is 72.1 Å². The van der Waals surface area contributed by atoms with Gasteiger partial charge in [-0.15, -0.1) is 0 Å². The van der Waals surface area contributed by atoms with E-state index in [0.717, 1.165) is 11.1 Å². The number of nitrogens with zero attached hydrogens (tertiary/aromatic N) is 5. The smallest absolute Gasteiger partial charge is 0.410 e. The van der Waals surface area contributed by atoms with Gasteiger partial charge in [0.05, 0.1) is 5.54 Å². The molecule has 0 aliphatic carbocycles. The number of aromatic nitrogens is 1. The van der Waals surface area contributed by atoms with E-state index in [1.165, 1.54) is 4.57 Å². The van der Waals surface area contributed by atoms with Crippen LogP contribution in [0.25, 0.3) is 0 Å². The molecule has 73 heavy (non-hydrogen) atoms. The molecule has 0 spiro atoms. The lowest BCUT2D eigenvalue weighted by atomic mass is 9.83.